The number of halogens is 3. The van der Waals surface area contributed by atoms with Crippen LogP contribution in [0.4, 0.5) is 4.39 Å². The Morgan fingerprint density at radius 2 is 1.64 bits per heavy atom. The molecule has 0 spiro atoms. The largest absolute Gasteiger partial charge is 0.410 e. The van der Waals surface area contributed by atoms with Crippen molar-refractivity contribution in [2.45, 2.75) is 84.0 Å². The van der Waals surface area contributed by atoms with Crippen LogP contribution in [0.25, 0.3) is 0 Å². The Morgan fingerprint density at radius 3 is 2.08 bits per heavy atom. The summed E-state index contributed by atoms with van der Waals surface area (Å²) in [6.45, 7) is 9.00. The van der Waals surface area contributed by atoms with Gasteiger partial charge in [0.05, 0.1) is 16.1 Å². The molecule has 0 bridgehead atoms. The number of hydrogen-bond acceptors (Lipinski definition) is 1. The summed E-state index contributed by atoms with van der Waals surface area (Å²) >= 11 is 12.8. The highest BCUT2D eigenvalue weighted by molar-refractivity contribution is 6.73. The van der Waals surface area contributed by atoms with E-state index in [2.05, 4.69) is 27.7 Å². The minimum Gasteiger partial charge on any atom is -0.410 e. The van der Waals surface area contributed by atoms with Gasteiger partial charge in [0, 0.05) is 5.56 Å². The first-order valence-corrected chi connectivity index (χ1v) is 12.9. The Hall–Kier alpha value is -0.0931. The molecule has 25 heavy (non-hydrogen) atoms. The summed E-state index contributed by atoms with van der Waals surface area (Å²) in [6.07, 6.45) is 5.72. The van der Waals surface area contributed by atoms with Crippen LogP contribution >= 0.6 is 23.2 Å². The summed E-state index contributed by atoms with van der Waals surface area (Å²) in [7, 11) is -1.81. The van der Waals surface area contributed by atoms with Gasteiger partial charge in [-0.25, -0.2) is 4.39 Å². The molecule has 1 saturated carbocycles. The molecule has 0 saturated heterocycles. The molecule has 1 aliphatic rings. The van der Waals surface area contributed by atoms with Gasteiger partial charge in [-0.05, 0) is 61.4 Å². The Morgan fingerprint density at radius 1 is 1.12 bits per heavy atom. The Bertz CT molecular complexity index is 554. The van der Waals surface area contributed by atoms with Gasteiger partial charge in [0.1, 0.15) is 5.82 Å². The van der Waals surface area contributed by atoms with E-state index in [1.54, 1.807) is 0 Å². The van der Waals surface area contributed by atoms with E-state index in [0.29, 0.717) is 15.5 Å². The van der Waals surface area contributed by atoms with Crippen molar-refractivity contribution in [3.05, 3.63) is 33.6 Å². The smallest absolute Gasteiger partial charge is 0.192 e. The summed E-state index contributed by atoms with van der Waals surface area (Å²) in [6, 6.07) is 5.93. The maximum absolute atomic E-state index is 13.6. The fourth-order valence-electron chi connectivity index (χ4n) is 3.60. The molecule has 0 heterocycles. The van der Waals surface area contributed by atoms with E-state index in [0.717, 1.165) is 36.5 Å². The van der Waals surface area contributed by atoms with Gasteiger partial charge >= 0.3 is 0 Å². The molecule has 1 fully saturated rings. The predicted molar refractivity (Wildman–Crippen MR) is 109 cm³/mol. The van der Waals surface area contributed by atoms with Crippen LogP contribution < -0.4 is 0 Å². The minimum absolute atomic E-state index is 0.130. The average Bonchev–Trinajstić information content (AvgIpc) is 3.29. The normalized spacial score (nSPS) is 17.6. The highest BCUT2D eigenvalue weighted by Gasteiger charge is 2.38. The zero-order valence-electron chi connectivity index (χ0n) is 15.9. The molecule has 0 N–H and O–H groups in total. The van der Waals surface area contributed by atoms with Gasteiger partial charge in [0.2, 0.25) is 0 Å². The first-order chi connectivity index (χ1) is 11.8. The monoisotopic (exact) mass is 404 g/mol. The average molecular weight is 405 g/mol. The van der Waals surface area contributed by atoms with Crippen LogP contribution in [0.1, 0.15) is 71.5 Å². The molecule has 0 aliphatic heterocycles. The van der Waals surface area contributed by atoms with Crippen LogP contribution in [0, 0.1) is 11.2 Å². The molecular formula is C20H31Cl2FOSi. The third-order valence-corrected chi connectivity index (χ3v) is 11.3. The topological polar surface area (TPSA) is 9.23 Å². The molecule has 142 valence electrons. The van der Waals surface area contributed by atoms with Gasteiger partial charge in [0.25, 0.3) is 0 Å². The van der Waals surface area contributed by atoms with E-state index in [1.807, 2.05) is 0 Å². The van der Waals surface area contributed by atoms with Gasteiger partial charge < -0.3 is 4.43 Å². The third-order valence-electron chi connectivity index (χ3n) is 6.04. The van der Waals surface area contributed by atoms with Crippen LogP contribution in [0.3, 0.4) is 0 Å². The molecule has 1 unspecified atom stereocenters. The van der Waals surface area contributed by atoms with Crippen molar-refractivity contribution in [3.63, 3.8) is 0 Å². The van der Waals surface area contributed by atoms with E-state index in [4.69, 9.17) is 27.6 Å². The van der Waals surface area contributed by atoms with Crippen LogP contribution in [0.15, 0.2) is 12.1 Å². The predicted octanol–water partition coefficient (Wildman–Crippen LogP) is 8.17. The lowest BCUT2D eigenvalue weighted by molar-refractivity contribution is 0.173. The van der Waals surface area contributed by atoms with E-state index < -0.39 is 14.1 Å². The van der Waals surface area contributed by atoms with Gasteiger partial charge in [0.15, 0.2) is 8.32 Å². The molecule has 2 rings (SSSR count). The van der Waals surface area contributed by atoms with Crippen molar-refractivity contribution in [2.24, 2.45) is 5.41 Å². The van der Waals surface area contributed by atoms with E-state index in [1.165, 1.54) is 31.4 Å². The zero-order chi connectivity index (χ0) is 18.7. The second-order valence-electron chi connectivity index (χ2n) is 7.84. The Labute approximate surface area is 163 Å². The quantitative estimate of drug-likeness (QED) is 0.357. The van der Waals surface area contributed by atoms with Crippen LogP contribution in [0.5, 0.6) is 0 Å². The summed E-state index contributed by atoms with van der Waals surface area (Å²) in [5, 5.41) is 0.776. The maximum Gasteiger partial charge on any atom is 0.192 e. The van der Waals surface area contributed by atoms with Crippen molar-refractivity contribution in [3.8, 4) is 0 Å². The molecular weight excluding hydrogens is 374 g/mol. The molecule has 5 heteroatoms. The molecule has 1 aromatic rings. The first kappa shape index (κ1) is 21.2. The third kappa shape index (κ3) is 5.44. The standard InChI is InChI=1S/C20H31Cl2FOSi/c1-5-25(6-2,7-3)24-18(9-8-10-20(4)11-12-20)19-16(21)13-15(23)14-17(19)22/h13-14,18H,5-12H2,1-4H3. The minimum atomic E-state index is -1.81. The second-order valence-corrected chi connectivity index (χ2v) is 13.4. The van der Waals surface area contributed by atoms with Crippen molar-refractivity contribution in [2.75, 3.05) is 0 Å². The molecule has 1 nitrogen and oxygen atoms in total. The Balaban J connectivity index is 2.24. The van der Waals surface area contributed by atoms with Crippen LogP contribution in [0.2, 0.25) is 28.2 Å². The maximum atomic E-state index is 13.6. The van der Waals surface area contributed by atoms with Crippen LogP contribution in [-0.2, 0) is 4.43 Å². The van der Waals surface area contributed by atoms with E-state index >= 15 is 0 Å². The van der Waals surface area contributed by atoms with E-state index in [-0.39, 0.29) is 6.10 Å². The summed E-state index contributed by atoms with van der Waals surface area (Å²) in [4.78, 5) is 0. The Kier molecular flexibility index (Phi) is 7.41. The SMILES string of the molecule is CC[Si](CC)(CC)OC(CCCC1(C)CC1)c1c(Cl)cc(F)cc1Cl. The molecule has 0 aromatic heterocycles. The fraction of sp³-hybridized carbons (Fsp3) is 0.700. The lowest BCUT2D eigenvalue weighted by Crippen LogP contribution is -2.37. The van der Waals surface area contributed by atoms with Gasteiger partial charge in [-0.2, -0.15) is 0 Å². The van der Waals surface area contributed by atoms with Crippen molar-refractivity contribution < 1.29 is 8.82 Å². The van der Waals surface area contributed by atoms with Gasteiger partial charge in [-0.1, -0.05) is 57.3 Å². The second kappa shape index (κ2) is 8.73. The number of rotatable bonds is 10. The summed E-state index contributed by atoms with van der Waals surface area (Å²) in [5.41, 5.74) is 1.30. The zero-order valence-corrected chi connectivity index (χ0v) is 18.4. The molecule has 1 aromatic carbocycles. The van der Waals surface area contributed by atoms with Crippen molar-refractivity contribution in [1.82, 2.24) is 0 Å². The van der Waals surface area contributed by atoms with Crippen LogP contribution in [-0.4, -0.2) is 8.32 Å². The van der Waals surface area contributed by atoms with Crippen molar-refractivity contribution >= 4 is 31.5 Å². The van der Waals surface area contributed by atoms with Gasteiger partial charge in [-0.15, -0.1) is 0 Å². The molecule has 1 atom stereocenters. The highest BCUT2D eigenvalue weighted by atomic mass is 35.5. The lowest BCUT2D eigenvalue weighted by Gasteiger charge is -2.34. The summed E-state index contributed by atoms with van der Waals surface area (Å²) in [5.74, 6) is -0.395. The molecule has 1 aliphatic carbocycles. The molecule has 0 amide bonds. The van der Waals surface area contributed by atoms with E-state index in [9.17, 15) is 4.39 Å². The molecule has 0 radical (unpaired) electrons. The lowest BCUT2D eigenvalue weighted by atomic mass is 9.97. The highest BCUT2D eigenvalue weighted by Crippen LogP contribution is 2.50. The van der Waals surface area contributed by atoms with Crippen molar-refractivity contribution in [1.29, 1.82) is 0 Å². The number of benzene rings is 1. The first-order valence-electron chi connectivity index (χ1n) is 9.60. The fourth-order valence-corrected chi connectivity index (χ4v) is 7.15. The van der Waals surface area contributed by atoms with Gasteiger partial charge in [-0.3, -0.25) is 0 Å². The summed E-state index contributed by atoms with van der Waals surface area (Å²) < 4.78 is 20.4. The number of hydrogen-bond donors (Lipinski definition) is 0.